The molecule has 19 heavy (non-hydrogen) atoms. The molecule has 0 saturated carbocycles. The van der Waals surface area contributed by atoms with Crippen molar-refractivity contribution in [2.75, 3.05) is 0 Å². The Labute approximate surface area is 116 Å². The van der Waals surface area contributed by atoms with E-state index < -0.39 is 43.4 Å². The number of carbonyl (C=O) groups is 1. The van der Waals surface area contributed by atoms with Gasteiger partial charge in [-0.2, -0.15) is 0 Å². The average molecular weight is 265 g/mol. The summed E-state index contributed by atoms with van der Waals surface area (Å²) in [6.45, 7) is 0. The third-order valence-corrected chi connectivity index (χ3v) is 1.90. The minimum absolute atomic E-state index is 0. The molecule has 12 heteroatoms. The Morgan fingerprint density at radius 1 is 1.00 bits per heavy atom. The molecule has 0 amide bonds. The zero-order chi connectivity index (χ0) is 14.0. The molecule has 0 radical (unpaired) electrons. The molecule has 96 valence electrons. The maximum absolute atomic E-state index is 10.8. The number of hydrogen-bond acceptors (Lipinski definition) is 7. The van der Waals surface area contributed by atoms with E-state index in [1.54, 1.807) is 0 Å². The van der Waals surface area contributed by atoms with E-state index in [0.717, 1.165) is 0 Å². The number of nitrogens with zero attached hydrogens (tertiary/aromatic N) is 3. The van der Waals surface area contributed by atoms with Crippen molar-refractivity contribution in [1.29, 1.82) is 0 Å². The van der Waals surface area contributed by atoms with Crippen LogP contribution in [-0.4, -0.2) is 25.8 Å². The molecule has 0 saturated heterocycles. The monoisotopic (exact) mass is 265 g/mol. The fourth-order valence-electron chi connectivity index (χ4n) is 1.21. The van der Waals surface area contributed by atoms with Gasteiger partial charge in [-0.3, -0.25) is 30.3 Å². The quantitative estimate of drug-likeness (QED) is 0.378. The molecule has 1 aromatic rings. The van der Waals surface area contributed by atoms with Crippen LogP contribution < -0.4 is 18.9 Å². The number of nitro benzene ring substituents is 3. The van der Waals surface area contributed by atoms with Gasteiger partial charge in [-0.1, -0.05) is 0 Å². The molecule has 0 fully saturated rings. The summed E-state index contributed by atoms with van der Waals surface area (Å²) in [5, 5.41) is 40.3. The number of carboxylic acids is 1. The number of carboxylic acid groups (broad SMARTS) is 1. The Bertz CT molecular complexity index is 556. The van der Waals surface area contributed by atoms with E-state index in [4.69, 9.17) is 5.11 Å². The predicted octanol–water partition coefficient (Wildman–Crippen LogP) is -1.77. The minimum Gasteiger partial charge on any atom is -1.00 e. The Morgan fingerprint density at radius 3 is 1.58 bits per heavy atom. The maximum atomic E-state index is 10.8. The molecule has 0 aliphatic carbocycles. The normalized spacial score (nSPS) is 9.26. The summed E-state index contributed by atoms with van der Waals surface area (Å²) in [4.78, 5) is 38.8. The largest absolute Gasteiger partial charge is 1.00 e. The van der Waals surface area contributed by atoms with Gasteiger partial charge in [0.2, 0.25) is 5.56 Å². The molecule has 0 aromatic heterocycles. The van der Waals surface area contributed by atoms with Crippen LogP contribution in [0.5, 0.6) is 0 Å². The summed E-state index contributed by atoms with van der Waals surface area (Å²) in [6, 6.07) is 0.715. The smallest absolute Gasteiger partial charge is 1.00 e. The third-order valence-electron chi connectivity index (χ3n) is 1.90. The van der Waals surface area contributed by atoms with Gasteiger partial charge in [-0.15, -0.1) is 0 Å². The van der Waals surface area contributed by atoms with Crippen LogP contribution in [0.25, 0.3) is 0 Å². The molecule has 0 heterocycles. The number of aromatic carboxylic acids is 1. The summed E-state index contributed by atoms with van der Waals surface area (Å²) in [5.41, 5.74) is -4.54. The topological polar surface area (TPSA) is 167 Å². The summed E-state index contributed by atoms with van der Waals surface area (Å²) in [5.74, 6) is -1.91. The van der Waals surface area contributed by atoms with E-state index in [1.165, 1.54) is 0 Å². The van der Waals surface area contributed by atoms with Crippen molar-refractivity contribution in [3.8, 4) is 0 Å². The fourth-order valence-corrected chi connectivity index (χ4v) is 1.21. The van der Waals surface area contributed by atoms with Gasteiger partial charge in [-0.25, -0.2) is 4.79 Å². The first-order valence-electron chi connectivity index (χ1n) is 4.10. The molecule has 1 aromatic carbocycles. The van der Waals surface area contributed by atoms with E-state index in [2.05, 4.69) is 0 Å². The van der Waals surface area contributed by atoms with E-state index in [1.807, 2.05) is 0 Å². The van der Waals surface area contributed by atoms with Gasteiger partial charge in [0.05, 0.1) is 26.9 Å². The van der Waals surface area contributed by atoms with Crippen LogP contribution >= 0.6 is 0 Å². The fraction of sp³-hybridized carbons (Fsp3) is 0. The number of rotatable bonds is 4. The zero-order valence-electron chi connectivity index (χ0n) is 10.3. The second kappa shape index (κ2) is 5.89. The molecule has 0 atom stereocenters. The average Bonchev–Trinajstić information content (AvgIpc) is 2.26. The molecule has 0 aliphatic rings. The van der Waals surface area contributed by atoms with Gasteiger partial charge in [0.25, 0.3) is 17.1 Å². The van der Waals surface area contributed by atoms with Gasteiger partial charge < -0.3 is 6.53 Å². The van der Waals surface area contributed by atoms with E-state index in [-0.39, 0.29) is 20.3 Å². The summed E-state index contributed by atoms with van der Waals surface area (Å²) in [7, 11) is 0. The van der Waals surface area contributed by atoms with Crippen LogP contribution in [0.15, 0.2) is 12.1 Å². The third kappa shape index (κ3) is 3.24. The molecule has 0 spiro atoms. The van der Waals surface area contributed by atoms with Crippen molar-refractivity contribution >= 4 is 23.0 Å². The van der Waals surface area contributed by atoms with Crippen molar-refractivity contribution in [3.05, 3.63) is 48.0 Å². The molecule has 11 nitrogen and oxygen atoms in total. The first kappa shape index (κ1) is 16.5. The van der Waals surface area contributed by atoms with Crippen molar-refractivity contribution in [3.63, 3.8) is 0 Å². The van der Waals surface area contributed by atoms with E-state index >= 15 is 0 Å². The van der Waals surface area contributed by atoms with Crippen LogP contribution in [0.1, 0.15) is 11.8 Å². The Balaban J connectivity index is 0. The van der Waals surface area contributed by atoms with Crippen molar-refractivity contribution in [1.82, 2.24) is 0 Å². The SMILES string of the molecule is O=C(O)c1c([N+](=O)[O-])cc([N+](=O)[O-])cc1[N+](=O)[O-].[H-].[Li+]. The molecule has 1 N–H and O–H groups in total. The molecular formula is C7H4LiN3O8. The number of nitro groups is 3. The molecule has 1 rings (SSSR count). The number of non-ortho nitro benzene ring substituents is 1. The molecular weight excluding hydrogens is 261 g/mol. The summed E-state index contributed by atoms with van der Waals surface area (Å²) in [6.07, 6.45) is 0. The Morgan fingerprint density at radius 2 is 1.37 bits per heavy atom. The van der Waals surface area contributed by atoms with Gasteiger partial charge in [0.15, 0.2) is 0 Å². The van der Waals surface area contributed by atoms with E-state index in [9.17, 15) is 35.1 Å². The van der Waals surface area contributed by atoms with E-state index in [0.29, 0.717) is 12.1 Å². The van der Waals surface area contributed by atoms with Crippen LogP contribution in [0, 0.1) is 30.3 Å². The summed E-state index contributed by atoms with van der Waals surface area (Å²) < 4.78 is 0. The number of hydrogen-bond donors (Lipinski definition) is 1. The van der Waals surface area contributed by atoms with Crippen LogP contribution in [-0.2, 0) is 0 Å². The first-order chi connectivity index (χ1) is 8.25. The zero-order valence-corrected chi connectivity index (χ0v) is 9.30. The van der Waals surface area contributed by atoms with Gasteiger partial charge in [0.1, 0.15) is 0 Å². The molecule has 0 bridgehead atoms. The van der Waals surface area contributed by atoms with Crippen LogP contribution in [0.3, 0.4) is 0 Å². The van der Waals surface area contributed by atoms with Crippen molar-refractivity contribution in [2.24, 2.45) is 0 Å². The number of benzene rings is 1. The second-order valence-corrected chi connectivity index (χ2v) is 2.94. The van der Waals surface area contributed by atoms with Gasteiger partial charge in [-0.05, 0) is 0 Å². The van der Waals surface area contributed by atoms with Crippen LogP contribution in [0.2, 0.25) is 0 Å². The molecule has 0 unspecified atom stereocenters. The van der Waals surface area contributed by atoms with Gasteiger partial charge >= 0.3 is 24.8 Å². The van der Waals surface area contributed by atoms with Gasteiger partial charge in [0, 0.05) is 0 Å². The minimum atomic E-state index is -1.91. The standard InChI is InChI=1S/C7H3N3O8.Li.H/c11-7(12)6-4(9(15)16)1-3(8(13)14)2-5(6)10(17)18;;/h1-2H,(H,11,12);;/q;+1;-1. The van der Waals surface area contributed by atoms with Crippen LogP contribution in [0.4, 0.5) is 17.1 Å². The summed E-state index contributed by atoms with van der Waals surface area (Å²) >= 11 is 0. The Kier molecular flexibility index (Phi) is 5.11. The first-order valence-corrected chi connectivity index (χ1v) is 4.10. The molecule has 0 aliphatic heterocycles. The van der Waals surface area contributed by atoms with Crippen molar-refractivity contribution in [2.45, 2.75) is 0 Å². The maximum Gasteiger partial charge on any atom is 1.00 e. The van der Waals surface area contributed by atoms with Crippen molar-refractivity contribution < 1.29 is 45.0 Å². The second-order valence-electron chi connectivity index (χ2n) is 2.94. The predicted molar refractivity (Wildman–Crippen MR) is 54.5 cm³/mol. The Hall–Kier alpha value is -2.51.